The molecule has 2 aromatic rings. The third-order valence-corrected chi connectivity index (χ3v) is 3.11. The summed E-state index contributed by atoms with van der Waals surface area (Å²) in [5.41, 5.74) is 1.92. The molecule has 0 bridgehead atoms. The lowest BCUT2D eigenvalue weighted by Crippen LogP contribution is -2.09. The van der Waals surface area contributed by atoms with E-state index in [0.717, 1.165) is 41.6 Å². The monoisotopic (exact) mass is 275 g/mol. The van der Waals surface area contributed by atoms with E-state index in [1.807, 2.05) is 20.8 Å². The van der Waals surface area contributed by atoms with E-state index in [1.165, 1.54) is 0 Å². The molecular formula is C14H21N5O. The molecule has 0 saturated heterocycles. The molecule has 0 unspecified atom stereocenters. The summed E-state index contributed by atoms with van der Waals surface area (Å²) in [5, 5.41) is 6.52. The smallest absolute Gasteiger partial charge is 0.213 e. The van der Waals surface area contributed by atoms with Gasteiger partial charge in [0.15, 0.2) is 0 Å². The van der Waals surface area contributed by atoms with Crippen LogP contribution in [0.2, 0.25) is 0 Å². The Morgan fingerprint density at radius 3 is 2.40 bits per heavy atom. The van der Waals surface area contributed by atoms with Gasteiger partial charge >= 0.3 is 0 Å². The van der Waals surface area contributed by atoms with Gasteiger partial charge in [0.25, 0.3) is 0 Å². The van der Waals surface area contributed by atoms with E-state index < -0.39 is 0 Å². The Hall–Kier alpha value is -2.11. The van der Waals surface area contributed by atoms with Crippen molar-refractivity contribution < 1.29 is 4.42 Å². The van der Waals surface area contributed by atoms with Crippen LogP contribution in [0.5, 0.6) is 0 Å². The molecule has 0 aliphatic carbocycles. The number of anilines is 2. The minimum atomic E-state index is 0.514. The van der Waals surface area contributed by atoms with Crippen LogP contribution in [0.1, 0.15) is 36.3 Å². The lowest BCUT2D eigenvalue weighted by molar-refractivity contribution is 0.478. The highest BCUT2D eigenvalue weighted by Gasteiger charge is 2.09. The second-order valence-electron chi connectivity index (χ2n) is 4.73. The van der Waals surface area contributed by atoms with Gasteiger partial charge in [-0.05, 0) is 27.2 Å². The van der Waals surface area contributed by atoms with E-state index in [4.69, 9.17) is 4.42 Å². The number of aryl methyl sites for hydroxylation is 2. The summed E-state index contributed by atoms with van der Waals surface area (Å²) in [4.78, 5) is 12.8. The van der Waals surface area contributed by atoms with Crippen molar-refractivity contribution in [1.82, 2.24) is 15.0 Å². The molecule has 2 rings (SSSR count). The predicted molar refractivity (Wildman–Crippen MR) is 78.9 cm³/mol. The second-order valence-corrected chi connectivity index (χ2v) is 4.73. The first kappa shape index (κ1) is 14.3. The third kappa shape index (κ3) is 3.26. The number of nitrogens with zero attached hydrogens (tertiary/aromatic N) is 3. The number of hydrogen-bond donors (Lipinski definition) is 2. The Kier molecular flexibility index (Phi) is 4.55. The predicted octanol–water partition coefficient (Wildman–Crippen LogP) is 2.82. The molecule has 0 atom stereocenters. The maximum Gasteiger partial charge on any atom is 0.213 e. The van der Waals surface area contributed by atoms with Crippen molar-refractivity contribution in [3.8, 4) is 0 Å². The fourth-order valence-corrected chi connectivity index (χ4v) is 1.82. The van der Waals surface area contributed by atoms with Crippen LogP contribution >= 0.6 is 0 Å². The molecule has 2 aromatic heterocycles. The van der Waals surface area contributed by atoms with Crippen LogP contribution in [0.15, 0.2) is 10.7 Å². The van der Waals surface area contributed by atoms with Gasteiger partial charge < -0.3 is 15.1 Å². The van der Waals surface area contributed by atoms with Gasteiger partial charge in [-0.25, -0.2) is 15.0 Å². The standard InChI is InChI=1S/C14H21N5O/c1-5-6-15-13-9(2)14(18-8-17-13)16-7-12-19-10(3)11(4)20-12/h8H,5-7H2,1-4H3,(H2,15,16,17,18). The summed E-state index contributed by atoms with van der Waals surface area (Å²) in [7, 11) is 0. The van der Waals surface area contributed by atoms with Crippen LogP contribution in [0.4, 0.5) is 11.6 Å². The lowest BCUT2D eigenvalue weighted by atomic mass is 10.3. The molecule has 0 aliphatic rings. The zero-order chi connectivity index (χ0) is 14.5. The maximum atomic E-state index is 5.54. The van der Waals surface area contributed by atoms with Gasteiger partial charge in [0.2, 0.25) is 5.89 Å². The molecule has 6 nitrogen and oxygen atoms in total. The van der Waals surface area contributed by atoms with Gasteiger partial charge in [0.05, 0.1) is 12.2 Å². The molecule has 0 aromatic carbocycles. The van der Waals surface area contributed by atoms with Crippen molar-refractivity contribution in [2.45, 2.75) is 40.7 Å². The number of hydrogen-bond acceptors (Lipinski definition) is 6. The Bertz CT molecular complexity index is 559. The molecule has 2 heterocycles. The number of oxazole rings is 1. The quantitative estimate of drug-likeness (QED) is 0.844. The molecule has 20 heavy (non-hydrogen) atoms. The molecule has 108 valence electrons. The third-order valence-electron chi connectivity index (χ3n) is 3.11. The summed E-state index contributed by atoms with van der Waals surface area (Å²) < 4.78 is 5.54. The van der Waals surface area contributed by atoms with Gasteiger partial charge in [0.1, 0.15) is 23.7 Å². The number of rotatable bonds is 6. The lowest BCUT2D eigenvalue weighted by Gasteiger charge is -2.11. The van der Waals surface area contributed by atoms with Gasteiger partial charge in [-0.1, -0.05) is 6.92 Å². The Morgan fingerprint density at radius 2 is 1.80 bits per heavy atom. The summed E-state index contributed by atoms with van der Waals surface area (Å²) >= 11 is 0. The van der Waals surface area contributed by atoms with Crippen LogP contribution in [0.25, 0.3) is 0 Å². The first-order chi connectivity index (χ1) is 9.61. The molecule has 0 spiro atoms. The number of nitrogens with one attached hydrogen (secondary N) is 2. The highest BCUT2D eigenvalue weighted by Crippen LogP contribution is 2.19. The molecule has 0 radical (unpaired) electrons. The van der Waals surface area contributed by atoms with E-state index in [-0.39, 0.29) is 0 Å². The summed E-state index contributed by atoms with van der Waals surface area (Å²) in [6, 6.07) is 0. The van der Waals surface area contributed by atoms with Crippen LogP contribution in [0.3, 0.4) is 0 Å². The molecule has 2 N–H and O–H groups in total. The molecule has 0 saturated carbocycles. The van der Waals surface area contributed by atoms with E-state index >= 15 is 0 Å². The summed E-state index contributed by atoms with van der Waals surface area (Å²) in [5.74, 6) is 3.18. The molecule has 0 aliphatic heterocycles. The first-order valence-electron chi connectivity index (χ1n) is 6.84. The fraction of sp³-hybridized carbons (Fsp3) is 0.500. The van der Waals surface area contributed by atoms with E-state index in [1.54, 1.807) is 6.33 Å². The van der Waals surface area contributed by atoms with E-state index in [0.29, 0.717) is 12.4 Å². The van der Waals surface area contributed by atoms with Gasteiger partial charge in [-0.2, -0.15) is 0 Å². The molecule has 6 heteroatoms. The van der Waals surface area contributed by atoms with Crippen LogP contribution in [-0.4, -0.2) is 21.5 Å². The van der Waals surface area contributed by atoms with Crippen LogP contribution in [-0.2, 0) is 6.54 Å². The normalized spacial score (nSPS) is 10.6. The topological polar surface area (TPSA) is 75.9 Å². The Balaban J connectivity index is 2.05. The Morgan fingerprint density at radius 1 is 1.10 bits per heavy atom. The fourth-order valence-electron chi connectivity index (χ4n) is 1.82. The van der Waals surface area contributed by atoms with Crippen molar-refractivity contribution in [1.29, 1.82) is 0 Å². The van der Waals surface area contributed by atoms with Crippen LogP contribution in [0, 0.1) is 20.8 Å². The SMILES string of the molecule is CCCNc1ncnc(NCc2nc(C)c(C)o2)c1C. The highest BCUT2D eigenvalue weighted by atomic mass is 16.4. The maximum absolute atomic E-state index is 5.54. The molecular weight excluding hydrogens is 254 g/mol. The molecule has 0 fully saturated rings. The Labute approximate surface area is 119 Å². The highest BCUT2D eigenvalue weighted by molar-refractivity contribution is 5.56. The second kappa shape index (κ2) is 6.36. The van der Waals surface area contributed by atoms with Crippen molar-refractivity contribution in [2.24, 2.45) is 0 Å². The number of aromatic nitrogens is 3. The van der Waals surface area contributed by atoms with Crippen molar-refractivity contribution in [3.05, 3.63) is 29.2 Å². The van der Waals surface area contributed by atoms with E-state index in [2.05, 4.69) is 32.5 Å². The summed E-state index contributed by atoms with van der Waals surface area (Å²) in [6.07, 6.45) is 2.61. The largest absolute Gasteiger partial charge is 0.444 e. The van der Waals surface area contributed by atoms with Gasteiger partial charge in [-0.3, -0.25) is 0 Å². The average Bonchev–Trinajstić information content (AvgIpc) is 2.75. The van der Waals surface area contributed by atoms with Crippen LogP contribution < -0.4 is 10.6 Å². The molecule has 0 amide bonds. The van der Waals surface area contributed by atoms with Crippen molar-refractivity contribution >= 4 is 11.6 Å². The average molecular weight is 275 g/mol. The minimum Gasteiger partial charge on any atom is -0.444 e. The van der Waals surface area contributed by atoms with Crippen molar-refractivity contribution in [2.75, 3.05) is 17.2 Å². The van der Waals surface area contributed by atoms with Gasteiger partial charge in [0, 0.05) is 12.1 Å². The zero-order valence-electron chi connectivity index (χ0n) is 12.4. The van der Waals surface area contributed by atoms with Crippen molar-refractivity contribution in [3.63, 3.8) is 0 Å². The first-order valence-corrected chi connectivity index (χ1v) is 6.84. The summed E-state index contributed by atoms with van der Waals surface area (Å²) in [6.45, 7) is 9.37. The van der Waals surface area contributed by atoms with E-state index in [9.17, 15) is 0 Å². The zero-order valence-corrected chi connectivity index (χ0v) is 12.4. The minimum absolute atomic E-state index is 0.514. The van der Waals surface area contributed by atoms with Gasteiger partial charge in [-0.15, -0.1) is 0 Å².